The molecule has 0 bridgehead atoms. The van der Waals surface area contributed by atoms with Gasteiger partial charge in [0, 0.05) is 16.7 Å². The van der Waals surface area contributed by atoms with Crippen molar-refractivity contribution in [2.24, 2.45) is 0 Å². The van der Waals surface area contributed by atoms with Crippen LogP contribution >= 0.6 is 11.6 Å². The number of fused-ring (bicyclic) bond motifs is 1. The maximum atomic E-state index is 11.5. The predicted octanol–water partition coefficient (Wildman–Crippen LogP) is 3.13. The number of quaternary nitrogens is 1. The molecule has 1 aliphatic rings. The van der Waals surface area contributed by atoms with Crippen molar-refractivity contribution in [3.8, 4) is 6.07 Å². The fraction of sp³-hybridized carbons (Fsp3) is 0.286. The first-order chi connectivity index (χ1) is 8.37. The molecule has 92 valence electrons. The molecule has 0 saturated heterocycles. The van der Waals surface area contributed by atoms with Crippen molar-refractivity contribution in [3.63, 3.8) is 0 Å². The van der Waals surface area contributed by atoms with Gasteiger partial charge in [0.25, 0.3) is 0 Å². The summed E-state index contributed by atoms with van der Waals surface area (Å²) in [5, 5.41) is 9.58. The Bertz CT molecular complexity index is 598. The molecule has 1 unspecified atom stereocenters. The summed E-state index contributed by atoms with van der Waals surface area (Å²) in [5.74, 6) is 0. The van der Waals surface area contributed by atoms with Gasteiger partial charge < -0.3 is 0 Å². The number of rotatable bonds is 1. The van der Waals surface area contributed by atoms with Crippen LogP contribution in [0.25, 0.3) is 0 Å². The maximum absolute atomic E-state index is 11.5. The number of hydrogen-bond donors (Lipinski definition) is 0. The van der Waals surface area contributed by atoms with E-state index in [1.54, 1.807) is 13.1 Å². The Morgan fingerprint density at radius 1 is 1.44 bits per heavy atom. The lowest BCUT2D eigenvalue weighted by Gasteiger charge is -2.26. The van der Waals surface area contributed by atoms with Crippen molar-refractivity contribution in [3.05, 3.63) is 40.6 Å². The summed E-state index contributed by atoms with van der Waals surface area (Å²) in [6.07, 6.45) is 2.31. The van der Waals surface area contributed by atoms with E-state index >= 15 is 0 Å². The topological polar surface area (TPSA) is 40.9 Å². The Labute approximate surface area is 111 Å². The van der Waals surface area contributed by atoms with Crippen LogP contribution in [0.15, 0.2) is 30.0 Å². The van der Waals surface area contributed by atoms with E-state index in [-0.39, 0.29) is 9.90 Å². The van der Waals surface area contributed by atoms with Gasteiger partial charge in [-0.05, 0) is 26.0 Å². The lowest BCUT2D eigenvalue weighted by Crippen LogP contribution is -2.42. The molecule has 1 heterocycles. The minimum Gasteiger partial charge on any atom is -0.233 e. The van der Waals surface area contributed by atoms with Crippen molar-refractivity contribution < 1.29 is 4.79 Å². The van der Waals surface area contributed by atoms with Crippen molar-refractivity contribution in [1.82, 2.24) is 4.48 Å². The minimum absolute atomic E-state index is 0.00701. The SMILES string of the molecule is CC1(C)C(=CC#N)[N+](C)(C=O)c2ccc(Cl)cc21. The molecule has 1 amide bonds. The Balaban J connectivity index is 2.84. The summed E-state index contributed by atoms with van der Waals surface area (Å²) in [6.45, 7) is 4.00. The van der Waals surface area contributed by atoms with Crippen LogP contribution in [-0.4, -0.2) is 13.5 Å². The van der Waals surface area contributed by atoms with Gasteiger partial charge in [0.15, 0.2) is 0 Å². The largest absolute Gasteiger partial charge is 0.311 e. The lowest BCUT2D eigenvalue weighted by molar-refractivity contribution is -0.115. The van der Waals surface area contributed by atoms with E-state index in [1.165, 1.54) is 6.08 Å². The van der Waals surface area contributed by atoms with Gasteiger partial charge in [0.05, 0.1) is 24.6 Å². The molecule has 1 aromatic carbocycles. The third kappa shape index (κ3) is 1.50. The normalized spacial score (nSPS) is 26.7. The summed E-state index contributed by atoms with van der Waals surface area (Å²) in [6, 6.07) is 7.53. The van der Waals surface area contributed by atoms with Gasteiger partial charge in [-0.1, -0.05) is 11.6 Å². The molecule has 4 heteroatoms. The average Bonchev–Trinajstić information content (AvgIpc) is 2.49. The number of halogens is 1. The standard InChI is InChI=1S/C14H14ClN2O/c1-14(2)11-8-10(15)4-5-12(11)17(3,9-18)13(14)6-7-16/h4-6,8-9H,1-3H3/q+1. The van der Waals surface area contributed by atoms with Crippen LogP contribution in [0.3, 0.4) is 0 Å². The molecule has 0 spiro atoms. The Morgan fingerprint density at radius 2 is 2.11 bits per heavy atom. The van der Waals surface area contributed by atoms with E-state index in [2.05, 4.69) is 0 Å². The van der Waals surface area contributed by atoms with Gasteiger partial charge in [-0.3, -0.25) is 0 Å². The second-order valence-corrected chi connectivity index (χ2v) is 5.56. The van der Waals surface area contributed by atoms with Crippen LogP contribution in [0, 0.1) is 11.3 Å². The van der Waals surface area contributed by atoms with Crippen LogP contribution < -0.4 is 4.48 Å². The Morgan fingerprint density at radius 3 is 2.67 bits per heavy atom. The highest BCUT2D eigenvalue weighted by atomic mass is 35.5. The number of likely N-dealkylation sites (N-methyl/N-ethyl adjacent to an activating group) is 1. The average molecular weight is 262 g/mol. The van der Waals surface area contributed by atoms with Crippen molar-refractivity contribution in [2.45, 2.75) is 19.3 Å². The second kappa shape index (κ2) is 3.94. The summed E-state index contributed by atoms with van der Waals surface area (Å²) >= 11 is 6.03. The van der Waals surface area contributed by atoms with Gasteiger partial charge in [-0.2, -0.15) is 5.26 Å². The molecule has 0 aliphatic carbocycles. The van der Waals surface area contributed by atoms with Crippen molar-refractivity contribution in [2.75, 3.05) is 7.05 Å². The van der Waals surface area contributed by atoms with Gasteiger partial charge in [-0.15, -0.1) is 0 Å². The van der Waals surface area contributed by atoms with Crippen LogP contribution in [-0.2, 0) is 10.2 Å². The molecule has 2 rings (SSSR count). The van der Waals surface area contributed by atoms with E-state index in [0.29, 0.717) is 5.02 Å². The third-order valence-electron chi connectivity index (χ3n) is 3.69. The highest BCUT2D eigenvalue weighted by molar-refractivity contribution is 6.30. The summed E-state index contributed by atoms with van der Waals surface area (Å²) in [7, 11) is 1.79. The number of allylic oxidation sites excluding steroid dienone is 2. The molecule has 0 fully saturated rings. The van der Waals surface area contributed by atoms with E-state index < -0.39 is 0 Å². The quantitative estimate of drug-likeness (QED) is 0.443. The molecule has 3 nitrogen and oxygen atoms in total. The first-order valence-electron chi connectivity index (χ1n) is 5.62. The minimum atomic E-state index is -0.383. The molecular weight excluding hydrogens is 248 g/mol. The number of hydrogen-bond acceptors (Lipinski definition) is 2. The third-order valence-corrected chi connectivity index (χ3v) is 3.92. The second-order valence-electron chi connectivity index (χ2n) is 5.13. The molecule has 0 aromatic heterocycles. The summed E-state index contributed by atoms with van der Waals surface area (Å²) in [5.41, 5.74) is 2.25. The number of nitriles is 1. The number of benzene rings is 1. The zero-order chi connectivity index (χ0) is 13.6. The molecule has 0 saturated carbocycles. The monoisotopic (exact) mass is 261 g/mol. The number of nitrogens with zero attached hydrogens (tertiary/aromatic N) is 2. The van der Waals surface area contributed by atoms with Gasteiger partial charge in [-0.25, -0.2) is 9.28 Å². The summed E-state index contributed by atoms with van der Waals surface area (Å²) < 4.78 is 0.00701. The van der Waals surface area contributed by atoms with E-state index in [0.717, 1.165) is 23.4 Å². The molecule has 18 heavy (non-hydrogen) atoms. The zero-order valence-electron chi connectivity index (χ0n) is 10.6. The van der Waals surface area contributed by atoms with Crippen LogP contribution in [0.2, 0.25) is 5.02 Å². The Hall–Kier alpha value is -1.63. The first kappa shape index (κ1) is 12.8. The van der Waals surface area contributed by atoms with Crippen LogP contribution in [0.4, 0.5) is 5.69 Å². The van der Waals surface area contributed by atoms with Crippen LogP contribution in [0.1, 0.15) is 19.4 Å². The molecular formula is C14H14ClN2O+. The first-order valence-corrected chi connectivity index (χ1v) is 5.99. The fourth-order valence-corrected chi connectivity index (χ4v) is 2.92. The van der Waals surface area contributed by atoms with E-state index in [1.807, 2.05) is 32.0 Å². The lowest BCUT2D eigenvalue weighted by atomic mass is 9.84. The molecule has 1 atom stereocenters. The van der Waals surface area contributed by atoms with Crippen molar-refractivity contribution >= 4 is 23.7 Å². The molecule has 0 N–H and O–H groups in total. The van der Waals surface area contributed by atoms with Gasteiger partial charge in [0.2, 0.25) is 0 Å². The molecule has 0 radical (unpaired) electrons. The highest BCUT2D eigenvalue weighted by Crippen LogP contribution is 2.51. The highest BCUT2D eigenvalue weighted by Gasteiger charge is 2.52. The summed E-state index contributed by atoms with van der Waals surface area (Å²) in [4.78, 5) is 11.5. The number of amides is 1. The fourth-order valence-electron chi connectivity index (χ4n) is 2.75. The number of carbonyl (C=O) groups excluding carboxylic acids is 1. The smallest absolute Gasteiger partial charge is 0.233 e. The molecule has 1 aliphatic heterocycles. The van der Waals surface area contributed by atoms with E-state index in [9.17, 15) is 4.79 Å². The van der Waals surface area contributed by atoms with Gasteiger partial charge >= 0.3 is 6.41 Å². The maximum Gasteiger partial charge on any atom is 0.311 e. The molecule has 1 aromatic rings. The predicted molar refractivity (Wildman–Crippen MR) is 72.0 cm³/mol. The van der Waals surface area contributed by atoms with Crippen molar-refractivity contribution in [1.29, 1.82) is 5.26 Å². The van der Waals surface area contributed by atoms with E-state index in [4.69, 9.17) is 16.9 Å². The number of carbonyl (C=O) groups is 1. The van der Waals surface area contributed by atoms with Gasteiger partial charge in [0.1, 0.15) is 11.4 Å². The van der Waals surface area contributed by atoms with Crippen LogP contribution in [0.5, 0.6) is 0 Å². The zero-order valence-corrected chi connectivity index (χ0v) is 11.3. The Kier molecular flexibility index (Phi) is 2.81.